The largest absolute Gasteiger partial charge is 0.351 e. The molecule has 0 spiro atoms. The monoisotopic (exact) mass is 355 g/mol. The molecule has 1 N–H and O–H groups in total. The summed E-state index contributed by atoms with van der Waals surface area (Å²) in [5.41, 5.74) is 1.16. The van der Waals surface area contributed by atoms with E-state index in [9.17, 15) is 14.0 Å². The molecule has 0 radical (unpaired) electrons. The fourth-order valence-electron chi connectivity index (χ4n) is 2.97. The number of hydrogen-bond donors (Lipinski definition) is 1. The van der Waals surface area contributed by atoms with Gasteiger partial charge in [0.15, 0.2) is 0 Å². The molecular weight excluding hydrogens is 333 g/mol. The molecule has 136 valence electrons. The van der Waals surface area contributed by atoms with Crippen molar-refractivity contribution in [3.8, 4) is 0 Å². The van der Waals surface area contributed by atoms with Crippen molar-refractivity contribution in [2.45, 2.75) is 0 Å². The van der Waals surface area contributed by atoms with E-state index in [-0.39, 0.29) is 17.6 Å². The Bertz CT molecular complexity index is 741. The molecule has 3 rings (SSSR count). The number of nitrogens with one attached hydrogen (secondary N) is 1. The average molecular weight is 355 g/mol. The number of rotatable bonds is 5. The number of carbonyl (C=O) groups excluding carboxylic acids is 2. The molecule has 26 heavy (non-hydrogen) atoms. The van der Waals surface area contributed by atoms with Crippen LogP contribution in [-0.4, -0.2) is 60.9 Å². The predicted molar refractivity (Wildman–Crippen MR) is 97.5 cm³/mol. The molecule has 1 fully saturated rings. The Kier molecular flexibility index (Phi) is 5.96. The SMILES string of the molecule is O=C(NCCN1CCN(C(=O)c2ccccc2)CC1)c1ccc(F)cc1. The van der Waals surface area contributed by atoms with Gasteiger partial charge in [-0.05, 0) is 36.4 Å². The van der Waals surface area contributed by atoms with Crippen LogP contribution in [0, 0.1) is 5.82 Å². The first-order chi connectivity index (χ1) is 12.6. The van der Waals surface area contributed by atoms with Crippen molar-refractivity contribution in [3.05, 3.63) is 71.5 Å². The number of nitrogens with zero attached hydrogens (tertiary/aromatic N) is 2. The zero-order chi connectivity index (χ0) is 18.4. The Hall–Kier alpha value is -2.73. The maximum Gasteiger partial charge on any atom is 0.253 e. The molecule has 2 amide bonds. The Morgan fingerprint density at radius 1 is 0.885 bits per heavy atom. The summed E-state index contributed by atoms with van der Waals surface area (Å²) in [6.45, 7) is 4.17. The van der Waals surface area contributed by atoms with E-state index in [1.165, 1.54) is 24.3 Å². The van der Waals surface area contributed by atoms with Crippen LogP contribution in [-0.2, 0) is 0 Å². The number of halogens is 1. The fraction of sp³-hybridized carbons (Fsp3) is 0.300. The van der Waals surface area contributed by atoms with Gasteiger partial charge < -0.3 is 10.2 Å². The van der Waals surface area contributed by atoms with Crippen LogP contribution in [0.1, 0.15) is 20.7 Å². The van der Waals surface area contributed by atoms with Gasteiger partial charge in [0.2, 0.25) is 0 Å². The number of benzene rings is 2. The lowest BCUT2D eigenvalue weighted by Crippen LogP contribution is -2.50. The maximum absolute atomic E-state index is 12.9. The van der Waals surface area contributed by atoms with Crippen molar-refractivity contribution in [2.75, 3.05) is 39.3 Å². The van der Waals surface area contributed by atoms with Crippen molar-refractivity contribution >= 4 is 11.8 Å². The summed E-state index contributed by atoms with van der Waals surface area (Å²) in [7, 11) is 0. The molecule has 0 aromatic heterocycles. The number of hydrogen-bond acceptors (Lipinski definition) is 3. The molecule has 2 aromatic carbocycles. The highest BCUT2D eigenvalue weighted by molar-refractivity contribution is 5.94. The minimum Gasteiger partial charge on any atom is -0.351 e. The zero-order valence-corrected chi connectivity index (χ0v) is 14.5. The third-order valence-electron chi connectivity index (χ3n) is 4.50. The van der Waals surface area contributed by atoms with E-state index in [0.29, 0.717) is 30.8 Å². The van der Waals surface area contributed by atoms with Crippen molar-refractivity contribution in [2.24, 2.45) is 0 Å². The minimum atomic E-state index is -0.357. The van der Waals surface area contributed by atoms with Crippen molar-refractivity contribution in [1.29, 1.82) is 0 Å². The normalized spacial score (nSPS) is 14.9. The summed E-state index contributed by atoms with van der Waals surface area (Å²) in [6.07, 6.45) is 0. The van der Waals surface area contributed by atoms with Crippen molar-refractivity contribution in [3.63, 3.8) is 0 Å². The van der Waals surface area contributed by atoms with Gasteiger partial charge in [-0.2, -0.15) is 0 Å². The lowest BCUT2D eigenvalue weighted by molar-refractivity contribution is 0.0638. The molecule has 5 nitrogen and oxygen atoms in total. The van der Waals surface area contributed by atoms with Gasteiger partial charge >= 0.3 is 0 Å². The van der Waals surface area contributed by atoms with Gasteiger partial charge in [-0.25, -0.2) is 4.39 Å². The standard InChI is InChI=1S/C20H22FN3O2/c21-18-8-6-16(7-9-18)19(25)22-10-11-23-12-14-24(15-13-23)20(26)17-4-2-1-3-5-17/h1-9H,10-15H2,(H,22,25). The van der Waals surface area contributed by atoms with Crippen LogP contribution in [0.4, 0.5) is 4.39 Å². The highest BCUT2D eigenvalue weighted by Crippen LogP contribution is 2.08. The highest BCUT2D eigenvalue weighted by atomic mass is 19.1. The molecule has 6 heteroatoms. The number of piperazine rings is 1. The molecule has 1 saturated heterocycles. The fourth-order valence-corrected chi connectivity index (χ4v) is 2.97. The van der Waals surface area contributed by atoms with Gasteiger partial charge in [0.1, 0.15) is 5.82 Å². The minimum absolute atomic E-state index is 0.0647. The van der Waals surface area contributed by atoms with Gasteiger partial charge in [-0.1, -0.05) is 18.2 Å². The Labute approximate surface area is 152 Å². The van der Waals surface area contributed by atoms with Crippen LogP contribution in [0.15, 0.2) is 54.6 Å². The molecular formula is C20H22FN3O2. The van der Waals surface area contributed by atoms with Crippen LogP contribution in [0.5, 0.6) is 0 Å². The summed E-state index contributed by atoms with van der Waals surface area (Å²) in [6, 6.07) is 14.8. The van der Waals surface area contributed by atoms with Gasteiger partial charge in [0.05, 0.1) is 0 Å². The Morgan fingerprint density at radius 3 is 2.19 bits per heavy atom. The predicted octanol–water partition coefficient (Wildman–Crippen LogP) is 2.01. The third kappa shape index (κ3) is 4.67. The van der Waals surface area contributed by atoms with Gasteiger partial charge in [0.25, 0.3) is 11.8 Å². The summed E-state index contributed by atoms with van der Waals surface area (Å²) < 4.78 is 12.9. The molecule has 1 heterocycles. The maximum atomic E-state index is 12.9. The molecule has 0 aliphatic carbocycles. The molecule has 1 aliphatic rings. The first kappa shape index (κ1) is 18.1. The smallest absolute Gasteiger partial charge is 0.253 e. The second kappa shape index (κ2) is 8.58. The van der Waals surface area contributed by atoms with Crippen LogP contribution >= 0.6 is 0 Å². The van der Waals surface area contributed by atoms with Crippen LogP contribution in [0.3, 0.4) is 0 Å². The van der Waals surface area contributed by atoms with Crippen molar-refractivity contribution < 1.29 is 14.0 Å². The summed E-state index contributed by atoms with van der Waals surface area (Å²) in [5, 5.41) is 2.84. The number of carbonyl (C=O) groups is 2. The quantitative estimate of drug-likeness (QED) is 0.893. The summed E-state index contributed by atoms with van der Waals surface area (Å²) >= 11 is 0. The molecule has 0 unspecified atom stereocenters. The Morgan fingerprint density at radius 2 is 1.54 bits per heavy atom. The van der Waals surface area contributed by atoms with Crippen molar-refractivity contribution in [1.82, 2.24) is 15.1 Å². The molecule has 2 aromatic rings. The van der Waals surface area contributed by atoms with Gasteiger partial charge in [-0.15, -0.1) is 0 Å². The van der Waals surface area contributed by atoms with Gasteiger partial charge in [0, 0.05) is 50.4 Å². The van der Waals surface area contributed by atoms with E-state index in [1.54, 1.807) is 0 Å². The number of amides is 2. The van der Waals surface area contributed by atoms with Crippen LogP contribution in [0.2, 0.25) is 0 Å². The van der Waals surface area contributed by atoms with E-state index in [4.69, 9.17) is 0 Å². The highest BCUT2D eigenvalue weighted by Gasteiger charge is 2.21. The second-order valence-corrected chi connectivity index (χ2v) is 6.26. The topological polar surface area (TPSA) is 52.7 Å². The lowest BCUT2D eigenvalue weighted by atomic mass is 10.2. The first-order valence-electron chi connectivity index (χ1n) is 8.74. The summed E-state index contributed by atoms with van der Waals surface area (Å²) in [4.78, 5) is 28.5. The van der Waals surface area contributed by atoms with Crippen LogP contribution in [0.25, 0.3) is 0 Å². The first-order valence-corrected chi connectivity index (χ1v) is 8.74. The third-order valence-corrected chi connectivity index (χ3v) is 4.50. The second-order valence-electron chi connectivity index (χ2n) is 6.26. The Balaban J connectivity index is 1.39. The van der Waals surface area contributed by atoms with E-state index < -0.39 is 0 Å². The lowest BCUT2D eigenvalue weighted by Gasteiger charge is -2.34. The van der Waals surface area contributed by atoms with E-state index in [1.807, 2.05) is 35.2 Å². The van der Waals surface area contributed by atoms with Crippen LogP contribution < -0.4 is 5.32 Å². The van der Waals surface area contributed by atoms with Gasteiger partial charge in [-0.3, -0.25) is 14.5 Å². The average Bonchev–Trinajstić information content (AvgIpc) is 2.69. The summed E-state index contributed by atoms with van der Waals surface area (Å²) in [5.74, 6) is -0.498. The molecule has 1 aliphatic heterocycles. The van der Waals surface area contributed by atoms with E-state index >= 15 is 0 Å². The van der Waals surface area contributed by atoms with E-state index in [2.05, 4.69) is 10.2 Å². The molecule has 0 bridgehead atoms. The van der Waals surface area contributed by atoms with E-state index in [0.717, 1.165) is 19.6 Å². The molecule has 0 saturated carbocycles. The zero-order valence-electron chi connectivity index (χ0n) is 14.5. The molecule has 0 atom stereocenters.